The number of ether oxygens (including phenoxy) is 9. The van der Waals surface area contributed by atoms with Gasteiger partial charge in [-0.3, -0.25) is 4.79 Å². The lowest BCUT2D eigenvalue weighted by molar-refractivity contribution is -0.138. The van der Waals surface area contributed by atoms with Crippen molar-refractivity contribution in [2.45, 2.75) is 6.42 Å². The van der Waals surface area contributed by atoms with Crippen LogP contribution in [-0.4, -0.2) is 129 Å². The lowest BCUT2D eigenvalue weighted by atomic mass is 10.2. The maximum Gasteiger partial charge on any atom is 0.338 e. The fraction of sp³-hybridized carbons (Fsp3) is 0.692. The second-order valence-electron chi connectivity index (χ2n) is 7.54. The van der Waals surface area contributed by atoms with Crippen LogP contribution in [0.5, 0.6) is 0 Å². The van der Waals surface area contributed by atoms with Crippen molar-refractivity contribution < 1.29 is 57.3 Å². The van der Waals surface area contributed by atoms with Crippen LogP contribution in [0.1, 0.15) is 16.8 Å². The molecule has 0 spiro atoms. The molecule has 0 fully saturated rings. The molecule has 12 heteroatoms. The van der Waals surface area contributed by atoms with E-state index >= 15 is 0 Å². The number of carbonyl (C=O) groups excluding carboxylic acids is 1. The molecule has 1 rings (SSSR count). The standard InChI is InChI=1S/C26H42O12/c27-25(28)6-7-30-8-9-31-10-11-32-12-13-33-14-15-34-16-17-35-18-19-36-20-21-37-22-23-38-26(29)24-4-2-1-3-5-24/h1-5H,6-23H2,(H,27,28). The van der Waals surface area contributed by atoms with E-state index in [0.717, 1.165) is 0 Å². The zero-order valence-corrected chi connectivity index (χ0v) is 22.1. The van der Waals surface area contributed by atoms with Crippen molar-refractivity contribution in [3.63, 3.8) is 0 Å². The summed E-state index contributed by atoms with van der Waals surface area (Å²) in [4.78, 5) is 22.0. The molecule has 218 valence electrons. The fourth-order valence-electron chi connectivity index (χ4n) is 2.65. The number of benzene rings is 1. The summed E-state index contributed by atoms with van der Waals surface area (Å²) in [7, 11) is 0. The highest BCUT2D eigenvalue weighted by Crippen LogP contribution is 2.00. The number of esters is 1. The van der Waals surface area contributed by atoms with Crippen LogP contribution in [0.4, 0.5) is 0 Å². The zero-order valence-electron chi connectivity index (χ0n) is 22.1. The van der Waals surface area contributed by atoms with Gasteiger partial charge in [-0.15, -0.1) is 0 Å². The van der Waals surface area contributed by atoms with E-state index in [1.807, 2.05) is 6.07 Å². The van der Waals surface area contributed by atoms with Gasteiger partial charge in [-0.05, 0) is 12.1 Å². The second-order valence-corrected chi connectivity index (χ2v) is 7.54. The molecule has 0 radical (unpaired) electrons. The zero-order chi connectivity index (χ0) is 27.4. The second kappa shape index (κ2) is 26.4. The highest BCUT2D eigenvalue weighted by atomic mass is 16.6. The molecule has 0 bridgehead atoms. The van der Waals surface area contributed by atoms with E-state index in [4.69, 9.17) is 47.7 Å². The average molecular weight is 547 g/mol. The first-order valence-electron chi connectivity index (χ1n) is 12.8. The Kier molecular flexibility index (Phi) is 23.6. The summed E-state index contributed by atoms with van der Waals surface area (Å²) in [6.45, 7) is 6.98. The van der Waals surface area contributed by atoms with Gasteiger partial charge in [0.2, 0.25) is 0 Å². The highest BCUT2D eigenvalue weighted by Gasteiger charge is 2.05. The molecule has 38 heavy (non-hydrogen) atoms. The van der Waals surface area contributed by atoms with E-state index in [1.165, 1.54) is 0 Å². The van der Waals surface area contributed by atoms with Gasteiger partial charge in [-0.2, -0.15) is 0 Å². The van der Waals surface area contributed by atoms with Crippen LogP contribution >= 0.6 is 0 Å². The summed E-state index contributed by atoms with van der Waals surface area (Å²) < 4.78 is 47.9. The number of hydrogen-bond donors (Lipinski definition) is 1. The molecule has 1 N–H and O–H groups in total. The smallest absolute Gasteiger partial charge is 0.338 e. The molecule has 0 aliphatic carbocycles. The quantitative estimate of drug-likeness (QED) is 0.120. The van der Waals surface area contributed by atoms with E-state index in [-0.39, 0.29) is 25.6 Å². The van der Waals surface area contributed by atoms with E-state index in [2.05, 4.69) is 0 Å². The predicted octanol–water partition coefficient (Wildman–Crippen LogP) is 1.45. The van der Waals surface area contributed by atoms with Gasteiger partial charge in [-0.1, -0.05) is 18.2 Å². The van der Waals surface area contributed by atoms with Crippen LogP contribution in [0.25, 0.3) is 0 Å². The number of carboxylic acids is 1. The molecule has 0 heterocycles. The van der Waals surface area contributed by atoms with Crippen molar-refractivity contribution in [1.29, 1.82) is 0 Å². The minimum Gasteiger partial charge on any atom is -0.481 e. The summed E-state index contributed by atoms with van der Waals surface area (Å²) in [6.07, 6.45) is -0.00454. The van der Waals surface area contributed by atoms with E-state index in [1.54, 1.807) is 24.3 Å². The Bertz CT molecular complexity index is 673. The molecule has 0 saturated carbocycles. The minimum absolute atomic E-state index is 0.00454. The van der Waals surface area contributed by atoms with Crippen LogP contribution in [0.3, 0.4) is 0 Å². The van der Waals surface area contributed by atoms with Crippen molar-refractivity contribution in [1.82, 2.24) is 0 Å². The Labute approximate surface area is 224 Å². The molecule has 1 aromatic rings. The molecular formula is C26H42O12. The van der Waals surface area contributed by atoms with Crippen LogP contribution in [0.15, 0.2) is 30.3 Å². The summed E-state index contributed by atoms with van der Waals surface area (Å²) in [5, 5.41) is 8.46. The number of carboxylic acid groups (broad SMARTS) is 1. The summed E-state index contributed by atoms with van der Waals surface area (Å²) >= 11 is 0. The molecule has 0 atom stereocenters. The Morgan fingerprint density at radius 3 is 1.13 bits per heavy atom. The lowest BCUT2D eigenvalue weighted by Crippen LogP contribution is -2.15. The molecule has 1 aromatic carbocycles. The summed E-state index contributed by atoms with van der Waals surface area (Å²) in [5.41, 5.74) is 0.520. The van der Waals surface area contributed by atoms with Crippen molar-refractivity contribution in [3.05, 3.63) is 35.9 Å². The van der Waals surface area contributed by atoms with Crippen LogP contribution < -0.4 is 0 Å². The van der Waals surface area contributed by atoms with E-state index < -0.39 is 5.97 Å². The molecule has 0 saturated heterocycles. The lowest BCUT2D eigenvalue weighted by Gasteiger charge is -2.09. The van der Waals surface area contributed by atoms with Gasteiger partial charge in [0, 0.05) is 0 Å². The third kappa shape index (κ3) is 23.0. The van der Waals surface area contributed by atoms with Gasteiger partial charge in [0.05, 0.1) is 118 Å². The van der Waals surface area contributed by atoms with Gasteiger partial charge in [0.1, 0.15) is 6.61 Å². The summed E-state index contributed by atoms with van der Waals surface area (Å²) in [6, 6.07) is 8.82. The first-order valence-corrected chi connectivity index (χ1v) is 12.8. The van der Waals surface area contributed by atoms with Gasteiger partial charge in [0.25, 0.3) is 0 Å². The molecule has 0 amide bonds. The minimum atomic E-state index is -0.877. The molecule has 0 aliphatic rings. The van der Waals surface area contributed by atoms with Crippen molar-refractivity contribution in [2.24, 2.45) is 0 Å². The predicted molar refractivity (Wildman–Crippen MR) is 136 cm³/mol. The van der Waals surface area contributed by atoms with Crippen molar-refractivity contribution in [3.8, 4) is 0 Å². The van der Waals surface area contributed by atoms with Crippen LogP contribution in [0.2, 0.25) is 0 Å². The third-order valence-electron chi connectivity index (χ3n) is 4.53. The topological polar surface area (TPSA) is 137 Å². The van der Waals surface area contributed by atoms with Crippen LogP contribution in [-0.2, 0) is 47.4 Å². The van der Waals surface area contributed by atoms with E-state index in [9.17, 15) is 9.59 Å². The van der Waals surface area contributed by atoms with Gasteiger partial charge >= 0.3 is 11.9 Å². The van der Waals surface area contributed by atoms with Crippen molar-refractivity contribution in [2.75, 3.05) is 112 Å². The number of rotatable bonds is 28. The van der Waals surface area contributed by atoms with Crippen LogP contribution in [0, 0.1) is 0 Å². The molecular weight excluding hydrogens is 504 g/mol. The Morgan fingerprint density at radius 1 is 0.474 bits per heavy atom. The first kappa shape index (κ1) is 33.9. The Morgan fingerprint density at radius 2 is 0.789 bits per heavy atom. The third-order valence-corrected chi connectivity index (χ3v) is 4.53. The van der Waals surface area contributed by atoms with Gasteiger partial charge in [-0.25, -0.2) is 4.79 Å². The molecule has 12 nitrogen and oxygen atoms in total. The SMILES string of the molecule is O=C(O)CCOCCOCCOCCOCCOCCOCCOCCOCCOC(=O)c1ccccc1. The fourth-order valence-corrected chi connectivity index (χ4v) is 2.65. The maximum absolute atomic E-state index is 11.7. The molecule has 0 unspecified atom stereocenters. The van der Waals surface area contributed by atoms with Gasteiger partial charge in [0.15, 0.2) is 0 Å². The number of carbonyl (C=O) groups is 2. The summed E-state index contributed by atoms with van der Waals surface area (Å²) in [5.74, 6) is -1.24. The molecule has 0 aromatic heterocycles. The van der Waals surface area contributed by atoms with Gasteiger partial charge < -0.3 is 47.7 Å². The van der Waals surface area contributed by atoms with E-state index in [0.29, 0.717) is 105 Å². The largest absolute Gasteiger partial charge is 0.481 e. The molecule has 0 aliphatic heterocycles. The van der Waals surface area contributed by atoms with Crippen molar-refractivity contribution >= 4 is 11.9 Å². The normalized spacial score (nSPS) is 11.1. The average Bonchev–Trinajstić information content (AvgIpc) is 2.92. The number of aliphatic carboxylic acids is 1. The number of hydrogen-bond acceptors (Lipinski definition) is 11. The first-order chi connectivity index (χ1) is 18.7. The Hall–Kier alpha value is -2.16. The Balaban J connectivity index is 1.67. The highest BCUT2D eigenvalue weighted by molar-refractivity contribution is 5.89. The monoisotopic (exact) mass is 546 g/mol. The maximum atomic E-state index is 11.7.